The van der Waals surface area contributed by atoms with Crippen molar-refractivity contribution in [1.29, 1.82) is 0 Å². The maximum atomic E-state index is 11.9. The molecule has 0 bridgehead atoms. The number of rotatable bonds is 3. The Kier molecular flexibility index (Phi) is 4.60. The number of benzene rings is 1. The van der Waals surface area contributed by atoms with Gasteiger partial charge in [-0.15, -0.1) is 11.8 Å². The quantitative estimate of drug-likeness (QED) is 0.896. The minimum atomic E-state index is -1.02. The summed E-state index contributed by atoms with van der Waals surface area (Å²) in [4.78, 5) is 22.7. The number of amides is 1. The Labute approximate surface area is 124 Å². The average Bonchev–Trinajstić information content (AvgIpc) is 2.35. The number of thioether (sulfide) groups is 1. The molecule has 2 atom stereocenters. The molecule has 1 aliphatic rings. The average molecular weight is 320 g/mol. The van der Waals surface area contributed by atoms with Crippen molar-refractivity contribution < 1.29 is 14.7 Å². The summed E-state index contributed by atoms with van der Waals surface area (Å²) in [6.45, 7) is 0. The van der Waals surface area contributed by atoms with Crippen LogP contribution in [0.25, 0.3) is 0 Å². The van der Waals surface area contributed by atoms with E-state index in [1.807, 2.05) is 0 Å². The van der Waals surface area contributed by atoms with Gasteiger partial charge in [0.1, 0.15) is 6.04 Å². The van der Waals surface area contributed by atoms with Crippen LogP contribution >= 0.6 is 35.0 Å². The summed E-state index contributed by atoms with van der Waals surface area (Å²) >= 11 is 13.4. The maximum Gasteiger partial charge on any atom is 0.327 e. The largest absolute Gasteiger partial charge is 0.480 e. The fourth-order valence-electron chi connectivity index (χ4n) is 1.79. The first-order chi connectivity index (χ1) is 8.99. The lowest BCUT2D eigenvalue weighted by Crippen LogP contribution is -2.51. The molecule has 4 nitrogen and oxygen atoms in total. The molecule has 7 heteroatoms. The lowest BCUT2D eigenvalue weighted by atomic mass is 10.1. The molecule has 102 valence electrons. The highest BCUT2D eigenvalue weighted by Gasteiger charge is 2.32. The molecule has 1 aliphatic heterocycles. The van der Waals surface area contributed by atoms with Gasteiger partial charge in [-0.05, 0) is 24.1 Å². The maximum absolute atomic E-state index is 11.9. The van der Waals surface area contributed by atoms with Crippen LogP contribution in [-0.4, -0.2) is 34.0 Å². The van der Waals surface area contributed by atoms with E-state index in [1.165, 1.54) is 11.8 Å². The molecule has 0 radical (unpaired) electrons. The summed E-state index contributed by atoms with van der Waals surface area (Å²) in [5, 5.41) is 12.0. The fraction of sp³-hybridized carbons (Fsp3) is 0.333. The molecule has 1 fully saturated rings. The van der Waals surface area contributed by atoms with Gasteiger partial charge in [-0.25, -0.2) is 4.79 Å². The third kappa shape index (κ3) is 3.35. The Balaban J connectivity index is 2.09. The number of carboxylic acid groups (broad SMARTS) is 1. The molecule has 1 aromatic rings. The topological polar surface area (TPSA) is 66.4 Å². The Morgan fingerprint density at radius 3 is 2.58 bits per heavy atom. The summed E-state index contributed by atoms with van der Waals surface area (Å²) in [6, 6.07) is 4.35. The van der Waals surface area contributed by atoms with Gasteiger partial charge in [0.2, 0.25) is 5.91 Å². The molecule has 0 saturated carbocycles. The molecule has 2 N–H and O–H groups in total. The first-order valence-corrected chi connectivity index (χ1v) is 7.37. The molecule has 1 saturated heterocycles. The number of carboxylic acids is 1. The van der Waals surface area contributed by atoms with E-state index in [2.05, 4.69) is 5.32 Å². The molecule has 1 aromatic carbocycles. The minimum Gasteiger partial charge on any atom is -0.480 e. The predicted molar refractivity (Wildman–Crippen MR) is 76.0 cm³/mol. The molecule has 0 unspecified atom stereocenters. The molecule has 0 aromatic heterocycles. The Bertz CT molecular complexity index is 503. The number of aliphatic carboxylic acids is 1. The van der Waals surface area contributed by atoms with E-state index in [1.54, 1.807) is 18.2 Å². The highest BCUT2D eigenvalue weighted by atomic mass is 35.5. The van der Waals surface area contributed by atoms with Crippen LogP contribution in [0.3, 0.4) is 0 Å². The highest BCUT2D eigenvalue weighted by Crippen LogP contribution is 2.30. The summed E-state index contributed by atoms with van der Waals surface area (Å²) in [7, 11) is 0. The second kappa shape index (κ2) is 6.03. The standard InChI is InChI=1S/C12H11Cl2NO3S/c13-7-2-1-3-8(14)6(7)4-10-11(16)15-9(5-19-10)12(17)18/h1-3,9-10H,4-5H2,(H,15,16)(H,17,18)/t9-,10-/m0/s1. The minimum absolute atomic E-state index is 0.292. The summed E-state index contributed by atoms with van der Waals surface area (Å²) in [5.41, 5.74) is 0.715. The van der Waals surface area contributed by atoms with Crippen LogP contribution in [0.4, 0.5) is 0 Å². The number of carbonyl (C=O) groups is 2. The number of nitrogens with one attached hydrogen (secondary N) is 1. The monoisotopic (exact) mass is 319 g/mol. The SMILES string of the molecule is O=C(O)[C@@H]1CS[C@@H](Cc2c(Cl)cccc2Cl)C(=O)N1. The van der Waals surface area contributed by atoms with Crippen LogP contribution in [0.1, 0.15) is 5.56 Å². The molecule has 1 amide bonds. The van der Waals surface area contributed by atoms with E-state index in [9.17, 15) is 9.59 Å². The zero-order valence-electron chi connectivity index (χ0n) is 9.73. The van der Waals surface area contributed by atoms with Crippen molar-refractivity contribution in [3.8, 4) is 0 Å². The predicted octanol–water partition coefficient (Wildman–Crippen LogP) is 2.22. The second-order valence-corrected chi connectivity index (χ2v) is 6.18. The van der Waals surface area contributed by atoms with E-state index < -0.39 is 12.0 Å². The van der Waals surface area contributed by atoms with Gasteiger partial charge in [-0.2, -0.15) is 0 Å². The second-order valence-electron chi connectivity index (χ2n) is 4.13. The highest BCUT2D eigenvalue weighted by molar-refractivity contribution is 8.00. The fourth-order valence-corrected chi connectivity index (χ4v) is 3.50. The smallest absolute Gasteiger partial charge is 0.327 e. The van der Waals surface area contributed by atoms with Gasteiger partial charge >= 0.3 is 5.97 Å². The van der Waals surface area contributed by atoms with Crippen molar-refractivity contribution in [3.05, 3.63) is 33.8 Å². The van der Waals surface area contributed by atoms with E-state index in [0.717, 1.165) is 0 Å². The zero-order chi connectivity index (χ0) is 14.0. The molecule has 0 aliphatic carbocycles. The Hall–Kier alpha value is -0.910. The van der Waals surface area contributed by atoms with Crippen LogP contribution in [0.15, 0.2) is 18.2 Å². The molecule has 0 spiro atoms. The van der Waals surface area contributed by atoms with Gasteiger partial charge in [-0.1, -0.05) is 29.3 Å². The van der Waals surface area contributed by atoms with Crippen LogP contribution in [-0.2, 0) is 16.0 Å². The third-order valence-electron chi connectivity index (χ3n) is 2.82. The van der Waals surface area contributed by atoms with Crippen molar-refractivity contribution in [3.63, 3.8) is 0 Å². The summed E-state index contributed by atoms with van der Waals surface area (Å²) in [6.07, 6.45) is 0.390. The number of hydrogen-bond acceptors (Lipinski definition) is 3. The molecule has 19 heavy (non-hydrogen) atoms. The lowest BCUT2D eigenvalue weighted by molar-refractivity contribution is -0.141. The van der Waals surface area contributed by atoms with Crippen molar-refractivity contribution in [1.82, 2.24) is 5.32 Å². The van der Waals surface area contributed by atoms with Gasteiger partial charge in [0.15, 0.2) is 0 Å². The van der Waals surface area contributed by atoms with Crippen LogP contribution in [0, 0.1) is 0 Å². The van der Waals surface area contributed by atoms with Crippen molar-refractivity contribution in [2.45, 2.75) is 17.7 Å². The van der Waals surface area contributed by atoms with Gasteiger partial charge in [0.25, 0.3) is 0 Å². The van der Waals surface area contributed by atoms with Gasteiger partial charge in [0.05, 0.1) is 5.25 Å². The van der Waals surface area contributed by atoms with Gasteiger partial charge < -0.3 is 10.4 Å². The first-order valence-electron chi connectivity index (χ1n) is 5.56. The van der Waals surface area contributed by atoms with Crippen LogP contribution in [0.5, 0.6) is 0 Å². The first kappa shape index (κ1) is 14.5. The van der Waals surface area contributed by atoms with Gasteiger partial charge in [0, 0.05) is 15.8 Å². The van der Waals surface area contributed by atoms with Gasteiger partial charge in [-0.3, -0.25) is 4.79 Å². The molecular weight excluding hydrogens is 309 g/mol. The van der Waals surface area contributed by atoms with E-state index in [0.29, 0.717) is 27.8 Å². The zero-order valence-corrected chi connectivity index (χ0v) is 12.1. The van der Waals surface area contributed by atoms with E-state index in [-0.39, 0.29) is 11.2 Å². The molecular formula is C12H11Cl2NO3S. The van der Waals surface area contributed by atoms with E-state index >= 15 is 0 Å². The van der Waals surface area contributed by atoms with E-state index in [4.69, 9.17) is 28.3 Å². The van der Waals surface area contributed by atoms with Crippen LogP contribution in [0.2, 0.25) is 10.0 Å². The molecule has 2 rings (SSSR count). The normalized spacial score (nSPS) is 22.9. The Morgan fingerprint density at radius 2 is 2.05 bits per heavy atom. The van der Waals surface area contributed by atoms with Crippen molar-refractivity contribution >= 4 is 46.8 Å². The van der Waals surface area contributed by atoms with Crippen LogP contribution < -0.4 is 5.32 Å². The number of halogens is 2. The summed E-state index contributed by atoms with van der Waals surface area (Å²) in [5.74, 6) is -0.969. The molecule has 1 heterocycles. The number of hydrogen-bond donors (Lipinski definition) is 2. The summed E-state index contributed by atoms with van der Waals surface area (Å²) < 4.78 is 0. The third-order valence-corrected chi connectivity index (χ3v) is 4.84. The van der Waals surface area contributed by atoms with Crippen molar-refractivity contribution in [2.75, 3.05) is 5.75 Å². The Morgan fingerprint density at radius 1 is 1.42 bits per heavy atom. The lowest BCUT2D eigenvalue weighted by Gasteiger charge is -2.26. The van der Waals surface area contributed by atoms with Crippen molar-refractivity contribution in [2.24, 2.45) is 0 Å². The number of carbonyl (C=O) groups excluding carboxylic acids is 1.